The molecule has 0 spiro atoms. The number of amides is 1. The molecule has 0 fully saturated rings. The zero-order valence-corrected chi connectivity index (χ0v) is 19.3. The van der Waals surface area contributed by atoms with E-state index in [-0.39, 0.29) is 35.8 Å². The Morgan fingerprint density at radius 2 is 1.56 bits per heavy atom. The number of ether oxygens (including phenoxy) is 2. The Labute approximate surface area is 197 Å². The quantitative estimate of drug-likeness (QED) is 0.367. The number of carbonyl (C=O) groups is 4. The fourth-order valence-electron chi connectivity index (χ4n) is 3.60. The van der Waals surface area contributed by atoms with Gasteiger partial charge in [0.2, 0.25) is 11.7 Å². The zero-order chi connectivity index (χ0) is 24.7. The van der Waals surface area contributed by atoms with Crippen LogP contribution in [0.25, 0.3) is 0 Å². The van der Waals surface area contributed by atoms with Crippen LogP contribution >= 0.6 is 0 Å². The molecule has 0 aliphatic carbocycles. The van der Waals surface area contributed by atoms with Crippen LogP contribution in [0.2, 0.25) is 0 Å². The van der Waals surface area contributed by atoms with Crippen molar-refractivity contribution in [2.75, 3.05) is 18.5 Å². The first-order chi connectivity index (χ1) is 16.3. The molecule has 1 aromatic heterocycles. The molecule has 0 aliphatic rings. The van der Waals surface area contributed by atoms with Gasteiger partial charge in [-0.25, -0.2) is 9.59 Å². The SMILES string of the molecule is CCOC(=O)c1[nH]c(C)c(C(=O)COC(=O)c2ccccc2NC(=O)Cc2ccccc2)c1C. The molecular weight excluding hydrogens is 436 g/mol. The minimum absolute atomic E-state index is 0.131. The summed E-state index contributed by atoms with van der Waals surface area (Å²) >= 11 is 0. The summed E-state index contributed by atoms with van der Waals surface area (Å²) in [6.45, 7) is 4.66. The van der Waals surface area contributed by atoms with Crippen LogP contribution in [0.4, 0.5) is 5.69 Å². The van der Waals surface area contributed by atoms with Gasteiger partial charge in [-0.2, -0.15) is 0 Å². The second-order valence-electron chi connectivity index (χ2n) is 7.60. The van der Waals surface area contributed by atoms with Gasteiger partial charge in [-0.05, 0) is 44.0 Å². The smallest absolute Gasteiger partial charge is 0.355 e. The third-order valence-corrected chi connectivity index (χ3v) is 5.16. The van der Waals surface area contributed by atoms with E-state index >= 15 is 0 Å². The molecule has 3 aromatic rings. The van der Waals surface area contributed by atoms with Gasteiger partial charge in [-0.3, -0.25) is 9.59 Å². The number of para-hydroxylation sites is 1. The van der Waals surface area contributed by atoms with Crippen molar-refractivity contribution >= 4 is 29.3 Å². The summed E-state index contributed by atoms with van der Waals surface area (Å²) in [5.41, 5.74) is 2.65. The van der Waals surface area contributed by atoms with Crippen LogP contribution in [0.15, 0.2) is 54.6 Å². The Morgan fingerprint density at radius 3 is 2.26 bits per heavy atom. The summed E-state index contributed by atoms with van der Waals surface area (Å²) in [6, 6.07) is 15.6. The van der Waals surface area contributed by atoms with E-state index in [4.69, 9.17) is 9.47 Å². The monoisotopic (exact) mass is 462 g/mol. The Bertz CT molecular complexity index is 1210. The van der Waals surface area contributed by atoms with Crippen molar-refractivity contribution in [3.05, 3.63) is 88.2 Å². The standard InChI is InChI=1S/C26H26N2O6/c1-4-33-26(32)24-16(2)23(17(3)27-24)21(29)15-34-25(31)19-12-8-9-13-20(19)28-22(30)14-18-10-6-5-7-11-18/h5-13,27H,4,14-15H2,1-3H3,(H,28,30). The summed E-state index contributed by atoms with van der Waals surface area (Å²) in [4.78, 5) is 52.8. The van der Waals surface area contributed by atoms with Crippen LogP contribution in [-0.2, 0) is 20.7 Å². The molecule has 2 N–H and O–H groups in total. The molecule has 0 unspecified atom stereocenters. The third kappa shape index (κ3) is 5.78. The third-order valence-electron chi connectivity index (χ3n) is 5.16. The number of hydrogen-bond donors (Lipinski definition) is 2. The van der Waals surface area contributed by atoms with Gasteiger partial charge in [0.05, 0.1) is 24.3 Å². The first-order valence-corrected chi connectivity index (χ1v) is 10.8. The highest BCUT2D eigenvalue weighted by Gasteiger charge is 2.24. The molecule has 8 heteroatoms. The van der Waals surface area contributed by atoms with Gasteiger partial charge in [0.25, 0.3) is 0 Å². The molecule has 2 aromatic carbocycles. The van der Waals surface area contributed by atoms with E-state index in [0.717, 1.165) is 5.56 Å². The van der Waals surface area contributed by atoms with Crippen LogP contribution < -0.4 is 5.32 Å². The summed E-state index contributed by atoms with van der Waals surface area (Å²) < 4.78 is 10.2. The predicted octanol–water partition coefficient (Wildman–Crippen LogP) is 4.03. The number of carbonyl (C=O) groups excluding carboxylic acids is 4. The maximum atomic E-state index is 12.8. The van der Waals surface area contributed by atoms with Gasteiger partial charge in [-0.1, -0.05) is 42.5 Å². The minimum atomic E-state index is -0.750. The van der Waals surface area contributed by atoms with Crippen LogP contribution in [0, 0.1) is 13.8 Å². The lowest BCUT2D eigenvalue weighted by atomic mass is 10.1. The molecule has 176 valence electrons. The lowest BCUT2D eigenvalue weighted by Crippen LogP contribution is -2.19. The highest BCUT2D eigenvalue weighted by molar-refractivity contribution is 6.05. The Hall–Kier alpha value is -4.20. The van der Waals surface area contributed by atoms with E-state index in [1.807, 2.05) is 30.3 Å². The molecule has 1 amide bonds. The largest absolute Gasteiger partial charge is 0.461 e. The average molecular weight is 463 g/mol. The normalized spacial score (nSPS) is 10.4. The summed E-state index contributed by atoms with van der Waals surface area (Å²) in [7, 11) is 0. The minimum Gasteiger partial charge on any atom is -0.461 e. The van der Waals surface area contributed by atoms with E-state index in [1.54, 1.807) is 39.0 Å². The highest BCUT2D eigenvalue weighted by Crippen LogP contribution is 2.21. The fourth-order valence-corrected chi connectivity index (χ4v) is 3.60. The van der Waals surface area contributed by atoms with E-state index in [1.165, 1.54) is 6.07 Å². The van der Waals surface area contributed by atoms with Gasteiger partial charge in [-0.15, -0.1) is 0 Å². The Balaban J connectivity index is 1.67. The van der Waals surface area contributed by atoms with E-state index in [9.17, 15) is 19.2 Å². The first-order valence-electron chi connectivity index (χ1n) is 10.8. The molecule has 0 radical (unpaired) electrons. The lowest BCUT2D eigenvalue weighted by Gasteiger charge is -2.11. The van der Waals surface area contributed by atoms with Crippen molar-refractivity contribution in [2.24, 2.45) is 0 Å². The van der Waals surface area contributed by atoms with Crippen molar-refractivity contribution in [3.8, 4) is 0 Å². The number of aromatic amines is 1. The van der Waals surface area contributed by atoms with E-state index in [0.29, 0.717) is 16.9 Å². The maximum Gasteiger partial charge on any atom is 0.355 e. The Kier molecular flexibility index (Phi) is 7.97. The number of nitrogens with one attached hydrogen (secondary N) is 2. The molecule has 3 rings (SSSR count). The van der Waals surface area contributed by atoms with Gasteiger partial charge in [0.1, 0.15) is 5.69 Å². The van der Waals surface area contributed by atoms with Crippen molar-refractivity contribution in [1.29, 1.82) is 0 Å². The topological polar surface area (TPSA) is 115 Å². The maximum absolute atomic E-state index is 12.8. The number of anilines is 1. The van der Waals surface area contributed by atoms with Gasteiger partial charge < -0.3 is 19.8 Å². The van der Waals surface area contributed by atoms with Crippen molar-refractivity contribution in [2.45, 2.75) is 27.2 Å². The highest BCUT2D eigenvalue weighted by atomic mass is 16.5. The molecular formula is C26H26N2O6. The van der Waals surface area contributed by atoms with Crippen LogP contribution in [0.3, 0.4) is 0 Å². The number of rotatable bonds is 9. The van der Waals surface area contributed by atoms with Gasteiger partial charge in [0.15, 0.2) is 6.61 Å². The second kappa shape index (κ2) is 11.1. The number of esters is 2. The molecule has 8 nitrogen and oxygen atoms in total. The number of ketones is 1. The van der Waals surface area contributed by atoms with Crippen LogP contribution in [-0.4, -0.2) is 41.8 Å². The van der Waals surface area contributed by atoms with Gasteiger partial charge in [0, 0.05) is 11.3 Å². The average Bonchev–Trinajstić information content (AvgIpc) is 3.12. The van der Waals surface area contributed by atoms with Crippen LogP contribution in [0.1, 0.15) is 54.9 Å². The van der Waals surface area contributed by atoms with Crippen molar-refractivity contribution < 1.29 is 28.7 Å². The second-order valence-corrected chi connectivity index (χ2v) is 7.60. The molecule has 0 bridgehead atoms. The number of hydrogen-bond acceptors (Lipinski definition) is 6. The summed E-state index contributed by atoms with van der Waals surface area (Å²) in [6.07, 6.45) is 0.150. The van der Waals surface area contributed by atoms with Crippen molar-refractivity contribution in [3.63, 3.8) is 0 Å². The predicted molar refractivity (Wildman–Crippen MR) is 126 cm³/mol. The van der Waals surface area contributed by atoms with Crippen LogP contribution in [0.5, 0.6) is 0 Å². The molecule has 0 atom stereocenters. The number of benzene rings is 2. The summed E-state index contributed by atoms with van der Waals surface area (Å²) in [5.74, 6) is -2.05. The molecule has 1 heterocycles. The number of Topliss-reactive ketones (excluding diaryl/α,β-unsaturated/α-hetero) is 1. The Morgan fingerprint density at radius 1 is 0.882 bits per heavy atom. The molecule has 34 heavy (non-hydrogen) atoms. The zero-order valence-electron chi connectivity index (χ0n) is 19.3. The lowest BCUT2D eigenvalue weighted by molar-refractivity contribution is -0.115. The van der Waals surface area contributed by atoms with E-state index < -0.39 is 24.3 Å². The first kappa shape index (κ1) is 24.4. The molecule has 0 saturated heterocycles. The van der Waals surface area contributed by atoms with Crippen molar-refractivity contribution in [1.82, 2.24) is 4.98 Å². The fraction of sp³-hybridized carbons (Fsp3) is 0.231. The number of aryl methyl sites for hydroxylation is 1. The number of H-pyrrole nitrogens is 1. The molecule has 0 saturated carbocycles. The van der Waals surface area contributed by atoms with Gasteiger partial charge >= 0.3 is 11.9 Å². The summed E-state index contributed by atoms with van der Waals surface area (Å²) in [5, 5.41) is 2.72. The number of aromatic nitrogens is 1. The van der Waals surface area contributed by atoms with E-state index in [2.05, 4.69) is 10.3 Å². The molecule has 0 aliphatic heterocycles.